The topological polar surface area (TPSA) is 15.3 Å². The lowest BCUT2D eigenvalue weighted by Crippen LogP contribution is -2.40. The van der Waals surface area contributed by atoms with Crippen molar-refractivity contribution < 1.29 is 0 Å². The Labute approximate surface area is 108 Å². The van der Waals surface area contributed by atoms with Gasteiger partial charge in [0, 0.05) is 18.6 Å². The van der Waals surface area contributed by atoms with E-state index in [0.29, 0.717) is 5.54 Å². The normalized spacial score (nSPS) is 29.8. The molecule has 0 spiro atoms. The van der Waals surface area contributed by atoms with E-state index >= 15 is 0 Å². The molecule has 0 aromatic rings. The number of fused-ring (bicyclic) bond motifs is 1. The zero-order chi connectivity index (χ0) is 13.1. The van der Waals surface area contributed by atoms with Crippen LogP contribution in [0.15, 0.2) is 0 Å². The van der Waals surface area contributed by atoms with Crippen molar-refractivity contribution in [3.63, 3.8) is 0 Å². The molecule has 0 bridgehead atoms. The quantitative estimate of drug-likeness (QED) is 0.700. The molecule has 2 saturated heterocycles. The zero-order valence-electron chi connectivity index (χ0n) is 12.7. The molecule has 1 N–H and O–H groups in total. The summed E-state index contributed by atoms with van der Waals surface area (Å²) in [4.78, 5) is 2.65. The van der Waals surface area contributed by atoms with Gasteiger partial charge in [0.25, 0.3) is 0 Å². The highest BCUT2D eigenvalue weighted by Crippen LogP contribution is 2.32. The third-order valence-corrected chi connectivity index (χ3v) is 3.62. The number of nitrogens with one attached hydrogen (secondary N) is 1. The Morgan fingerprint density at radius 2 is 1.59 bits per heavy atom. The highest BCUT2D eigenvalue weighted by molar-refractivity contribution is 4.92. The third kappa shape index (κ3) is 4.97. The summed E-state index contributed by atoms with van der Waals surface area (Å²) in [6, 6.07) is 0. The van der Waals surface area contributed by atoms with Gasteiger partial charge in [-0.3, -0.25) is 4.90 Å². The van der Waals surface area contributed by atoms with E-state index in [9.17, 15) is 0 Å². The Balaban J connectivity index is 0.000000317. The van der Waals surface area contributed by atoms with Crippen LogP contribution in [0, 0.1) is 17.8 Å². The molecule has 102 valence electrons. The summed E-state index contributed by atoms with van der Waals surface area (Å²) in [5, 5.41) is 3.50. The van der Waals surface area contributed by atoms with Gasteiger partial charge in [-0.15, -0.1) is 0 Å². The molecule has 2 aliphatic heterocycles. The number of nitrogens with zero attached hydrogens (tertiary/aromatic N) is 1. The van der Waals surface area contributed by atoms with Crippen LogP contribution in [0.5, 0.6) is 0 Å². The van der Waals surface area contributed by atoms with Gasteiger partial charge in [0.2, 0.25) is 0 Å². The Bertz CT molecular complexity index is 201. The Morgan fingerprint density at radius 3 is 2.06 bits per heavy atom. The number of hydrogen-bond donors (Lipinski definition) is 1. The van der Waals surface area contributed by atoms with Crippen LogP contribution in [0.1, 0.15) is 48.0 Å². The lowest BCUT2D eigenvalue weighted by molar-refractivity contribution is 0.165. The van der Waals surface area contributed by atoms with Crippen LogP contribution in [-0.2, 0) is 0 Å². The molecule has 0 aromatic heterocycles. The van der Waals surface area contributed by atoms with Crippen LogP contribution in [0.25, 0.3) is 0 Å². The van der Waals surface area contributed by atoms with Gasteiger partial charge in [-0.2, -0.15) is 0 Å². The predicted molar refractivity (Wildman–Crippen MR) is 76.3 cm³/mol. The molecule has 0 aromatic carbocycles. The summed E-state index contributed by atoms with van der Waals surface area (Å²) in [6.45, 7) is 18.6. The molecule has 17 heavy (non-hydrogen) atoms. The summed E-state index contributed by atoms with van der Waals surface area (Å²) in [6.07, 6.45) is 1.39. The summed E-state index contributed by atoms with van der Waals surface area (Å²) < 4.78 is 0. The average molecular weight is 240 g/mol. The maximum absolute atomic E-state index is 3.50. The molecule has 2 fully saturated rings. The maximum atomic E-state index is 3.50. The Morgan fingerprint density at radius 1 is 1.06 bits per heavy atom. The van der Waals surface area contributed by atoms with Gasteiger partial charge in [-0.1, -0.05) is 20.8 Å². The summed E-state index contributed by atoms with van der Waals surface area (Å²) >= 11 is 0. The molecule has 0 radical (unpaired) electrons. The second-order valence-corrected chi connectivity index (χ2v) is 7.32. The van der Waals surface area contributed by atoms with E-state index in [1.54, 1.807) is 0 Å². The molecule has 2 atom stereocenters. The zero-order valence-corrected chi connectivity index (χ0v) is 12.7. The highest BCUT2D eigenvalue weighted by atomic mass is 15.2. The number of likely N-dealkylation sites (tertiary alicyclic amines) is 1. The van der Waals surface area contributed by atoms with Crippen molar-refractivity contribution in [1.82, 2.24) is 10.2 Å². The van der Waals surface area contributed by atoms with Gasteiger partial charge in [0.1, 0.15) is 0 Å². The molecule has 2 nitrogen and oxygen atoms in total. The minimum Gasteiger partial charge on any atom is -0.316 e. The van der Waals surface area contributed by atoms with Crippen LogP contribution in [0.2, 0.25) is 0 Å². The van der Waals surface area contributed by atoms with Gasteiger partial charge >= 0.3 is 0 Å². The molecule has 2 heterocycles. The highest BCUT2D eigenvalue weighted by Gasteiger charge is 2.38. The van der Waals surface area contributed by atoms with E-state index < -0.39 is 0 Å². The fourth-order valence-corrected chi connectivity index (χ4v) is 2.62. The monoisotopic (exact) mass is 240 g/mol. The average Bonchev–Trinajstić information content (AvgIpc) is 2.59. The molecule has 0 amide bonds. The first-order valence-corrected chi connectivity index (χ1v) is 7.26. The summed E-state index contributed by atoms with van der Waals surface area (Å²) in [7, 11) is 0. The van der Waals surface area contributed by atoms with E-state index in [4.69, 9.17) is 0 Å². The minimum absolute atomic E-state index is 0.372. The van der Waals surface area contributed by atoms with Crippen LogP contribution in [0.3, 0.4) is 0 Å². The standard InChI is InChI=1S/C11H22N2.C4H10/c1-11(2,3)13-7-9-4-5-12-6-10(9)8-13;1-4(2)3/h9-10,12H,4-8H2,1-3H3;4H,1-3H3/t9-,10+;/m1./s1. The Kier molecular flexibility index (Phi) is 5.46. The molecule has 0 aliphatic carbocycles. The first-order chi connectivity index (χ1) is 7.80. The molecular weight excluding hydrogens is 208 g/mol. The van der Waals surface area contributed by atoms with E-state index in [1.807, 2.05) is 0 Å². The van der Waals surface area contributed by atoms with Crippen molar-refractivity contribution in [2.45, 2.75) is 53.5 Å². The second kappa shape index (κ2) is 6.19. The second-order valence-electron chi connectivity index (χ2n) is 7.32. The SMILES string of the molecule is CC(C)(C)N1C[C@H]2CCNC[C@H]2C1.CC(C)C. The first kappa shape index (κ1) is 15.0. The van der Waals surface area contributed by atoms with E-state index in [0.717, 1.165) is 17.8 Å². The van der Waals surface area contributed by atoms with E-state index in [2.05, 4.69) is 51.8 Å². The van der Waals surface area contributed by atoms with E-state index in [1.165, 1.54) is 32.6 Å². The molecular formula is C15H32N2. The summed E-state index contributed by atoms with van der Waals surface area (Å²) in [5.41, 5.74) is 0.372. The number of rotatable bonds is 0. The van der Waals surface area contributed by atoms with Gasteiger partial charge in [-0.05, 0) is 58.0 Å². The van der Waals surface area contributed by atoms with Crippen molar-refractivity contribution in [1.29, 1.82) is 0 Å². The van der Waals surface area contributed by atoms with Gasteiger partial charge in [-0.25, -0.2) is 0 Å². The lowest BCUT2D eigenvalue weighted by Gasteiger charge is -2.31. The van der Waals surface area contributed by atoms with Crippen LogP contribution < -0.4 is 5.32 Å². The third-order valence-electron chi connectivity index (χ3n) is 3.62. The van der Waals surface area contributed by atoms with Gasteiger partial charge in [0.05, 0.1) is 0 Å². The molecule has 2 aliphatic rings. The number of piperidine rings is 1. The maximum Gasteiger partial charge on any atom is 0.0125 e. The minimum atomic E-state index is 0.372. The van der Waals surface area contributed by atoms with Crippen molar-refractivity contribution in [3.05, 3.63) is 0 Å². The largest absolute Gasteiger partial charge is 0.316 e. The van der Waals surface area contributed by atoms with E-state index in [-0.39, 0.29) is 0 Å². The van der Waals surface area contributed by atoms with Crippen molar-refractivity contribution in [2.75, 3.05) is 26.2 Å². The predicted octanol–water partition coefficient (Wildman–Crippen LogP) is 2.99. The van der Waals surface area contributed by atoms with Crippen LogP contribution >= 0.6 is 0 Å². The van der Waals surface area contributed by atoms with Crippen molar-refractivity contribution >= 4 is 0 Å². The molecule has 2 heteroatoms. The first-order valence-electron chi connectivity index (χ1n) is 7.26. The lowest BCUT2D eigenvalue weighted by atomic mass is 9.90. The van der Waals surface area contributed by atoms with Gasteiger partial charge in [0.15, 0.2) is 0 Å². The fraction of sp³-hybridized carbons (Fsp3) is 1.00. The van der Waals surface area contributed by atoms with Crippen molar-refractivity contribution in [3.8, 4) is 0 Å². The molecule has 0 unspecified atom stereocenters. The summed E-state index contributed by atoms with van der Waals surface area (Å²) in [5.74, 6) is 2.73. The van der Waals surface area contributed by atoms with Crippen LogP contribution in [-0.4, -0.2) is 36.6 Å². The smallest absolute Gasteiger partial charge is 0.0125 e. The fourth-order valence-electron chi connectivity index (χ4n) is 2.62. The molecule has 0 saturated carbocycles. The Hall–Kier alpha value is -0.0800. The van der Waals surface area contributed by atoms with Crippen molar-refractivity contribution in [2.24, 2.45) is 17.8 Å². The van der Waals surface area contributed by atoms with Gasteiger partial charge < -0.3 is 5.32 Å². The molecule has 2 rings (SSSR count). The number of hydrogen-bond acceptors (Lipinski definition) is 2. The van der Waals surface area contributed by atoms with Crippen LogP contribution in [0.4, 0.5) is 0 Å².